The van der Waals surface area contributed by atoms with Crippen molar-refractivity contribution in [3.05, 3.63) is 69.7 Å². The summed E-state index contributed by atoms with van der Waals surface area (Å²) in [5.41, 5.74) is 1.70. The second kappa shape index (κ2) is 10.1. The fourth-order valence-electron chi connectivity index (χ4n) is 2.65. The van der Waals surface area contributed by atoms with Gasteiger partial charge in [0.2, 0.25) is 0 Å². The van der Waals surface area contributed by atoms with Gasteiger partial charge in [0.25, 0.3) is 11.8 Å². The normalized spacial score (nSPS) is 10.4. The predicted octanol–water partition coefficient (Wildman–Crippen LogP) is 4.04. The summed E-state index contributed by atoms with van der Waals surface area (Å²) in [5, 5.41) is 8.00. The van der Waals surface area contributed by atoms with Crippen LogP contribution in [-0.4, -0.2) is 37.6 Å². The van der Waals surface area contributed by atoms with Gasteiger partial charge < -0.3 is 14.8 Å². The van der Waals surface area contributed by atoms with E-state index in [4.69, 9.17) is 21.1 Å². The van der Waals surface area contributed by atoms with E-state index < -0.39 is 0 Å². The number of methoxy groups -OCH3 is 2. The number of hydrogen-bond donors (Lipinski definition) is 2. The van der Waals surface area contributed by atoms with Crippen LogP contribution in [-0.2, 0) is 6.42 Å². The minimum absolute atomic E-state index is 0.249. The number of thiazole rings is 1. The SMILES string of the molecule is COc1ccc(CCNC(=O)c2csc(NC(=O)c3ccc(Cl)cc3)n2)cc1OC. The Balaban J connectivity index is 1.52. The van der Waals surface area contributed by atoms with E-state index in [1.807, 2.05) is 18.2 Å². The Morgan fingerprint density at radius 2 is 1.77 bits per heavy atom. The Morgan fingerprint density at radius 3 is 2.47 bits per heavy atom. The zero-order valence-electron chi connectivity index (χ0n) is 16.4. The molecular formula is C21H20ClN3O4S. The molecule has 0 bridgehead atoms. The fourth-order valence-corrected chi connectivity index (χ4v) is 3.46. The van der Waals surface area contributed by atoms with Crippen LogP contribution in [0.25, 0.3) is 0 Å². The number of nitrogens with zero attached hydrogens (tertiary/aromatic N) is 1. The highest BCUT2D eigenvalue weighted by atomic mass is 35.5. The van der Waals surface area contributed by atoms with Crippen molar-refractivity contribution < 1.29 is 19.1 Å². The predicted molar refractivity (Wildman–Crippen MR) is 117 cm³/mol. The highest BCUT2D eigenvalue weighted by Crippen LogP contribution is 2.27. The van der Waals surface area contributed by atoms with Gasteiger partial charge in [0, 0.05) is 22.5 Å². The Bertz CT molecular complexity index is 1040. The number of hydrogen-bond acceptors (Lipinski definition) is 6. The van der Waals surface area contributed by atoms with Gasteiger partial charge in [0.15, 0.2) is 16.6 Å². The third kappa shape index (κ3) is 5.49. The lowest BCUT2D eigenvalue weighted by molar-refractivity contribution is 0.0948. The molecule has 0 radical (unpaired) electrons. The van der Waals surface area contributed by atoms with E-state index in [0.29, 0.717) is 40.2 Å². The first kappa shape index (κ1) is 21.6. The smallest absolute Gasteiger partial charge is 0.270 e. The van der Waals surface area contributed by atoms with Crippen molar-refractivity contribution in [2.24, 2.45) is 0 Å². The Kier molecular flexibility index (Phi) is 7.26. The van der Waals surface area contributed by atoms with Crippen molar-refractivity contribution in [2.45, 2.75) is 6.42 Å². The Morgan fingerprint density at radius 1 is 1.03 bits per heavy atom. The molecule has 30 heavy (non-hydrogen) atoms. The molecule has 1 aromatic heterocycles. The number of halogens is 1. The van der Waals surface area contributed by atoms with Gasteiger partial charge in [-0.3, -0.25) is 14.9 Å². The van der Waals surface area contributed by atoms with Crippen molar-refractivity contribution in [2.75, 3.05) is 26.1 Å². The molecule has 1 heterocycles. The first-order valence-corrected chi connectivity index (χ1v) is 10.3. The summed E-state index contributed by atoms with van der Waals surface area (Å²) in [6, 6.07) is 12.1. The minimum atomic E-state index is -0.318. The number of carbonyl (C=O) groups is 2. The molecule has 156 valence electrons. The van der Waals surface area contributed by atoms with Crippen molar-refractivity contribution in [3.63, 3.8) is 0 Å². The third-order valence-corrected chi connectivity index (χ3v) is 5.22. The van der Waals surface area contributed by atoms with E-state index in [9.17, 15) is 9.59 Å². The van der Waals surface area contributed by atoms with Gasteiger partial charge in [-0.25, -0.2) is 4.98 Å². The van der Waals surface area contributed by atoms with Crippen molar-refractivity contribution in [1.82, 2.24) is 10.3 Å². The molecule has 0 saturated carbocycles. The molecular weight excluding hydrogens is 426 g/mol. The van der Waals surface area contributed by atoms with Gasteiger partial charge in [-0.05, 0) is 48.4 Å². The molecule has 7 nitrogen and oxygen atoms in total. The molecule has 0 unspecified atom stereocenters. The second-order valence-electron chi connectivity index (χ2n) is 6.19. The lowest BCUT2D eigenvalue weighted by atomic mass is 10.1. The van der Waals surface area contributed by atoms with Crippen LogP contribution in [0.5, 0.6) is 11.5 Å². The number of anilines is 1. The van der Waals surface area contributed by atoms with Crippen molar-refractivity contribution in [1.29, 1.82) is 0 Å². The molecule has 0 saturated heterocycles. The summed E-state index contributed by atoms with van der Waals surface area (Å²) in [6.07, 6.45) is 0.621. The maximum absolute atomic E-state index is 12.3. The van der Waals surface area contributed by atoms with Crippen LogP contribution in [0.2, 0.25) is 5.02 Å². The van der Waals surface area contributed by atoms with Gasteiger partial charge in [-0.2, -0.15) is 0 Å². The number of rotatable bonds is 8. The second-order valence-corrected chi connectivity index (χ2v) is 7.49. The summed E-state index contributed by atoms with van der Waals surface area (Å²) >= 11 is 7.01. The zero-order chi connectivity index (χ0) is 21.5. The van der Waals surface area contributed by atoms with Crippen LogP contribution < -0.4 is 20.1 Å². The molecule has 0 aliphatic carbocycles. The van der Waals surface area contributed by atoms with Crippen LogP contribution in [0.1, 0.15) is 26.4 Å². The first-order chi connectivity index (χ1) is 14.5. The highest BCUT2D eigenvalue weighted by Gasteiger charge is 2.13. The van der Waals surface area contributed by atoms with Gasteiger partial charge in [-0.1, -0.05) is 17.7 Å². The quantitative estimate of drug-likeness (QED) is 0.546. The van der Waals surface area contributed by atoms with Crippen LogP contribution in [0.4, 0.5) is 5.13 Å². The molecule has 2 aromatic carbocycles. The average molecular weight is 446 g/mol. The molecule has 3 aromatic rings. The number of benzene rings is 2. The summed E-state index contributed by atoms with van der Waals surface area (Å²) in [4.78, 5) is 28.7. The summed E-state index contributed by atoms with van der Waals surface area (Å²) in [7, 11) is 3.16. The van der Waals surface area contributed by atoms with Gasteiger partial charge in [-0.15, -0.1) is 11.3 Å². The molecule has 0 atom stereocenters. The summed E-state index contributed by atoms with van der Waals surface area (Å²) < 4.78 is 10.5. The molecule has 0 fully saturated rings. The van der Waals surface area contributed by atoms with E-state index in [2.05, 4.69) is 15.6 Å². The van der Waals surface area contributed by atoms with Crippen molar-refractivity contribution >= 4 is 39.9 Å². The lowest BCUT2D eigenvalue weighted by Gasteiger charge is -2.09. The fraction of sp³-hybridized carbons (Fsp3) is 0.190. The standard InChI is InChI=1S/C21H20ClN3O4S/c1-28-17-8-3-13(11-18(17)29-2)9-10-23-20(27)16-12-30-21(24-16)25-19(26)14-4-6-15(22)7-5-14/h3-8,11-12H,9-10H2,1-2H3,(H,23,27)(H,24,25,26). The maximum atomic E-state index is 12.3. The van der Waals surface area contributed by atoms with Crippen LogP contribution in [0, 0.1) is 0 Å². The molecule has 3 rings (SSSR count). The molecule has 0 aliphatic heterocycles. The minimum Gasteiger partial charge on any atom is -0.493 e. The molecule has 0 spiro atoms. The van der Waals surface area contributed by atoms with E-state index in [1.54, 1.807) is 43.9 Å². The number of aromatic nitrogens is 1. The molecule has 0 aliphatic rings. The molecule has 9 heteroatoms. The van der Waals surface area contributed by atoms with E-state index in [0.717, 1.165) is 5.56 Å². The van der Waals surface area contributed by atoms with E-state index >= 15 is 0 Å². The van der Waals surface area contributed by atoms with Crippen molar-refractivity contribution in [3.8, 4) is 11.5 Å². The Labute approximate surface area is 183 Å². The van der Waals surface area contributed by atoms with Crippen LogP contribution in [0.3, 0.4) is 0 Å². The maximum Gasteiger partial charge on any atom is 0.270 e. The number of carbonyl (C=O) groups excluding carboxylic acids is 2. The van der Waals surface area contributed by atoms with Gasteiger partial charge >= 0.3 is 0 Å². The lowest BCUT2D eigenvalue weighted by Crippen LogP contribution is -2.26. The number of ether oxygens (including phenoxy) is 2. The third-order valence-electron chi connectivity index (χ3n) is 4.21. The first-order valence-electron chi connectivity index (χ1n) is 9.01. The summed E-state index contributed by atoms with van der Waals surface area (Å²) in [6.45, 7) is 0.429. The van der Waals surface area contributed by atoms with E-state index in [1.165, 1.54) is 11.3 Å². The monoisotopic (exact) mass is 445 g/mol. The number of nitrogens with one attached hydrogen (secondary N) is 2. The highest BCUT2D eigenvalue weighted by molar-refractivity contribution is 7.14. The molecule has 2 amide bonds. The van der Waals surface area contributed by atoms with E-state index in [-0.39, 0.29) is 17.5 Å². The Hall–Kier alpha value is -3.10. The molecule has 2 N–H and O–H groups in total. The zero-order valence-corrected chi connectivity index (χ0v) is 18.0. The van der Waals surface area contributed by atoms with Gasteiger partial charge in [0.1, 0.15) is 5.69 Å². The van der Waals surface area contributed by atoms with Gasteiger partial charge in [0.05, 0.1) is 14.2 Å². The number of amides is 2. The van der Waals surface area contributed by atoms with Crippen LogP contribution >= 0.6 is 22.9 Å². The largest absolute Gasteiger partial charge is 0.493 e. The van der Waals surface area contributed by atoms with Crippen LogP contribution in [0.15, 0.2) is 47.8 Å². The topological polar surface area (TPSA) is 89.6 Å². The average Bonchev–Trinajstić information content (AvgIpc) is 3.22. The summed E-state index contributed by atoms with van der Waals surface area (Å²) in [5.74, 6) is 0.669.